The Balaban J connectivity index is 1.51. The molecule has 0 saturated heterocycles. The Morgan fingerprint density at radius 3 is 2.50 bits per heavy atom. The Morgan fingerprint density at radius 1 is 1.03 bits per heavy atom. The number of aryl methyl sites for hydroxylation is 1. The molecule has 32 heavy (non-hydrogen) atoms. The van der Waals surface area contributed by atoms with Crippen molar-refractivity contribution in [3.63, 3.8) is 0 Å². The summed E-state index contributed by atoms with van der Waals surface area (Å²) >= 11 is 6.37. The van der Waals surface area contributed by atoms with E-state index in [9.17, 15) is 4.79 Å². The fourth-order valence-corrected chi connectivity index (χ4v) is 4.25. The van der Waals surface area contributed by atoms with Gasteiger partial charge in [-0.15, -0.1) is 0 Å². The van der Waals surface area contributed by atoms with Crippen LogP contribution in [0.15, 0.2) is 72.9 Å². The summed E-state index contributed by atoms with van der Waals surface area (Å²) in [7, 11) is 0. The van der Waals surface area contributed by atoms with E-state index in [-0.39, 0.29) is 12.3 Å². The minimum absolute atomic E-state index is 0.0305. The van der Waals surface area contributed by atoms with E-state index >= 15 is 0 Å². The fourth-order valence-electron chi connectivity index (χ4n) is 4.06. The highest BCUT2D eigenvalue weighted by atomic mass is 35.5. The summed E-state index contributed by atoms with van der Waals surface area (Å²) < 4.78 is 8.27. The molecule has 5 heteroatoms. The number of carboxylic acids is 1. The molecule has 1 N–H and O–H groups in total. The maximum Gasteiger partial charge on any atom is 0.303 e. The van der Waals surface area contributed by atoms with Crippen LogP contribution in [0, 0.1) is 6.92 Å². The summed E-state index contributed by atoms with van der Waals surface area (Å²) in [5.41, 5.74) is 5.58. The van der Waals surface area contributed by atoms with Crippen molar-refractivity contribution < 1.29 is 14.6 Å². The van der Waals surface area contributed by atoms with Crippen molar-refractivity contribution >= 4 is 28.5 Å². The molecule has 0 saturated carbocycles. The van der Waals surface area contributed by atoms with Crippen LogP contribution < -0.4 is 4.74 Å². The van der Waals surface area contributed by atoms with Gasteiger partial charge in [-0.05, 0) is 64.7 Å². The Hall–Kier alpha value is -3.24. The first-order valence-electron chi connectivity index (χ1n) is 10.7. The lowest BCUT2D eigenvalue weighted by Crippen LogP contribution is -2.04. The summed E-state index contributed by atoms with van der Waals surface area (Å²) in [5, 5.41) is 10.9. The average Bonchev–Trinajstić information content (AvgIpc) is 3.18. The van der Waals surface area contributed by atoms with Crippen LogP contribution in [0.2, 0.25) is 5.02 Å². The number of hydrogen-bond donors (Lipinski definition) is 1. The van der Waals surface area contributed by atoms with Gasteiger partial charge in [-0.3, -0.25) is 4.79 Å². The van der Waals surface area contributed by atoms with Crippen LogP contribution in [0.5, 0.6) is 5.75 Å². The third-order valence-electron chi connectivity index (χ3n) is 5.92. The van der Waals surface area contributed by atoms with Gasteiger partial charge >= 0.3 is 5.97 Å². The summed E-state index contributed by atoms with van der Waals surface area (Å²) in [6, 6.07) is 22.0. The minimum atomic E-state index is -0.789. The number of hydrogen-bond acceptors (Lipinski definition) is 2. The van der Waals surface area contributed by atoms with Crippen LogP contribution in [0.1, 0.15) is 41.5 Å². The van der Waals surface area contributed by atoms with Gasteiger partial charge < -0.3 is 14.4 Å². The topological polar surface area (TPSA) is 51.5 Å². The van der Waals surface area contributed by atoms with Gasteiger partial charge in [0.2, 0.25) is 0 Å². The number of benzene rings is 3. The van der Waals surface area contributed by atoms with Crippen LogP contribution >= 0.6 is 11.6 Å². The number of aromatic nitrogens is 1. The number of ether oxygens (including phenoxy) is 1. The molecule has 4 aromatic rings. The summed E-state index contributed by atoms with van der Waals surface area (Å²) in [5.74, 6) is -0.0534. The van der Waals surface area contributed by atoms with Crippen LogP contribution in [0.4, 0.5) is 0 Å². The van der Waals surface area contributed by atoms with Gasteiger partial charge in [0.1, 0.15) is 12.4 Å². The van der Waals surface area contributed by atoms with Gasteiger partial charge in [-0.2, -0.15) is 0 Å². The molecule has 0 amide bonds. The quantitative estimate of drug-likeness (QED) is 0.323. The first kappa shape index (κ1) is 22.0. The molecule has 0 aliphatic heterocycles. The number of aliphatic carboxylic acids is 1. The summed E-state index contributed by atoms with van der Waals surface area (Å²) in [6.45, 7) is 5.22. The molecule has 4 rings (SSSR count). The number of fused-ring (bicyclic) bond motifs is 1. The Kier molecular flexibility index (Phi) is 6.52. The third kappa shape index (κ3) is 4.81. The molecule has 0 radical (unpaired) electrons. The van der Waals surface area contributed by atoms with Crippen molar-refractivity contribution in [2.45, 2.75) is 39.3 Å². The van der Waals surface area contributed by atoms with Crippen molar-refractivity contribution in [3.05, 3.63) is 100 Å². The lowest BCUT2D eigenvalue weighted by molar-refractivity contribution is -0.137. The minimum Gasteiger partial charge on any atom is -0.489 e. The highest BCUT2D eigenvalue weighted by Crippen LogP contribution is 2.27. The van der Waals surface area contributed by atoms with E-state index in [0.29, 0.717) is 13.2 Å². The molecule has 0 fully saturated rings. The van der Waals surface area contributed by atoms with E-state index in [2.05, 4.69) is 42.0 Å². The Labute approximate surface area is 193 Å². The maximum absolute atomic E-state index is 10.9. The van der Waals surface area contributed by atoms with Gasteiger partial charge in [0, 0.05) is 17.8 Å². The van der Waals surface area contributed by atoms with Crippen LogP contribution in [0.3, 0.4) is 0 Å². The zero-order valence-electron chi connectivity index (χ0n) is 18.2. The second-order valence-corrected chi connectivity index (χ2v) is 8.59. The Bertz CT molecular complexity index is 1240. The molecule has 0 aliphatic carbocycles. The zero-order valence-corrected chi connectivity index (χ0v) is 19.0. The van der Waals surface area contributed by atoms with Gasteiger partial charge in [0.05, 0.1) is 11.9 Å². The van der Waals surface area contributed by atoms with E-state index in [0.717, 1.165) is 27.5 Å². The lowest BCUT2D eigenvalue weighted by atomic mass is 9.98. The number of nitrogens with zero attached hydrogens (tertiary/aromatic N) is 1. The maximum atomic E-state index is 10.9. The standard InChI is InChI=1S/C27H26ClNO3/c1-18(15-26(30)31)20-9-11-24(12-10-20)32-17-23-8-7-21-13-14-29(27(21)19(23)2)16-22-5-3-4-6-25(22)28/h3-14,18H,15-17H2,1-2H3,(H,30,31). The molecule has 1 atom stereocenters. The van der Waals surface area contributed by atoms with Crippen molar-refractivity contribution in [2.24, 2.45) is 0 Å². The van der Waals surface area contributed by atoms with E-state index in [1.165, 1.54) is 16.5 Å². The second kappa shape index (κ2) is 9.49. The predicted molar refractivity (Wildman–Crippen MR) is 129 cm³/mol. The number of halogens is 1. The molecule has 0 aliphatic rings. The Morgan fingerprint density at radius 2 is 1.78 bits per heavy atom. The third-order valence-corrected chi connectivity index (χ3v) is 6.29. The van der Waals surface area contributed by atoms with Crippen molar-refractivity contribution in [1.82, 2.24) is 4.57 Å². The van der Waals surface area contributed by atoms with Crippen LogP contribution in [0.25, 0.3) is 10.9 Å². The van der Waals surface area contributed by atoms with Crippen LogP contribution in [-0.2, 0) is 17.9 Å². The molecular formula is C27H26ClNO3. The molecule has 1 aromatic heterocycles. The summed E-state index contributed by atoms with van der Waals surface area (Å²) in [6.07, 6.45) is 2.22. The lowest BCUT2D eigenvalue weighted by Gasteiger charge is -2.14. The molecule has 0 spiro atoms. The fraction of sp³-hybridized carbons (Fsp3) is 0.222. The van der Waals surface area contributed by atoms with E-state index in [4.69, 9.17) is 21.4 Å². The molecular weight excluding hydrogens is 422 g/mol. The van der Waals surface area contributed by atoms with Gasteiger partial charge in [-0.1, -0.05) is 61.0 Å². The normalized spacial score (nSPS) is 12.1. The highest BCUT2D eigenvalue weighted by Gasteiger charge is 2.12. The molecule has 0 bridgehead atoms. The molecule has 1 heterocycles. The smallest absolute Gasteiger partial charge is 0.303 e. The summed E-state index contributed by atoms with van der Waals surface area (Å²) in [4.78, 5) is 10.9. The first-order valence-corrected chi connectivity index (χ1v) is 11.1. The van der Waals surface area contributed by atoms with Crippen molar-refractivity contribution in [3.8, 4) is 5.75 Å². The van der Waals surface area contributed by atoms with E-state index in [1.807, 2.05) is 49.4 Å². The largest absolute Gasteiger partial charge is 0.489 e. The van der Waals surface area contributed by atoms with Gasteiger partial charge in [-0.25, -0.2) is 0 Å². The SMILES string of the molecule is Cc1c(COc2ccc(C(C)CC(=O)O)cc2)ccc2ccn(Cc3ccccc3Cl)c12. The first-order chi connectivity index (χ1) is 15.4. The van der Waals surface area contributed by atoms with E-state index < -0.39 is 5.97 Å². The second-order valence-electron chi connectivity index (χ2n) is 8.18. The van der Waals surface area contributed by atoms with Crippen molar-refractivity contribution in [1.29, 1.82) is 0 Å². The molecule has 3 aromatic carbocycles. The van der Waals surface area contributed by atoms with Gasteiger partial charge in [0.25, 0.3) is 0 Å². The van der Waals surface area contributed by atoms with Gasteiger partial charge in [0.15, 0.2) is 0 Å². The number of carboxylic acid groups (broad SMARTS) is 1. The number of rotatable bonds is 8. The monoisotopic (exact) mass is 447 g/mol. The molecule has 1 unspecified atom stereocenters. The molecule has 4 nitrogen and oxygen atoms in total. The predicted octanol–water partition coefficient (Wildman–Crippen LogP) is 6.81. The molecule has 164 valence electrons. The van der Waals surface area contributed by atoms with E-state index in [1.54, 1.807) is 0 Å². The average molecular weight is 448 g/mol. The van der Waals surface area contributed by atoms with Crippen LogP contribution in [-0.4, -0.2) is 15.6 Å². The number of carbonyl (C=O) groups is 1. The van der Waals surface area contributed by atoms with Crippen molar-refractivity contribution in [2.75, 3.05) is 0 Å². The highest BCUT2D eigenvalue weighted by molar-refractivity contribution is 6.31. The zero-order chi connectivity index (χ0) is 22.7.